The van der Waals surface area contributed by atoms with Crippen molar-refractivity contribution < 1.29 is 14.6 Å². The van der Waals surface area contributed by atoms with Gasteiger partial charge in [-0.25, -0.2) is 0 Å². The Morgan fingerprint density at radius 1 is 0.967 bits per heavy atom. The van der Waals surface area contributed by atoms with Crippen molar-refractivity contribution >= 4 is 5.97 Å². The number of rotatable bonds is 8. The summed E-state index contributed by atoms with van der Waals surface area (Å²) >= 11 is 0. The third-order valence-electron chi connectivity index (χ3n) is 4.59. The quantitative estimate of drug-likeness (QED) is 0.432. The number of esters is 1. The monoisotopic (exact) mass is 413 g/mol. The number of hydrogen-bond donors (Lipinski definition) is 2. The molecular formula is C26H39NO3. The highest BCUT2D eigenvalue weighted by Gasteiger charge is 2.20. The zero-order chi connectivity index (χ0) is 22.7. The molecule has 4 heteroatoms. The van der Waals surface area contributed by atoms with Crippen LogP contribution >= 0.6 is 0 Å². The fourth-order valence-electron chi connectivity index (χ4n) is 3.27. The minimum Gasteiger partial charge on any atom is -0.426 e. The van der Waals surface area contributed by atoms with E-state index in [1.807, 2.05) is 38.1 Å². The van der Waals surface area contributed by atoms with Gasteiger partial charge in [-0.3, -0.25) is 4.79 Å². The van der Waals surface area contributed by atoms with Crippen molar-refractivity contribution in [2.24, 2.45) is 5.92 Å². The van der Waals surface area contributed by atoms with Crippen molar-refractivity contribution in [1.82, 2.24) is 5.32 Å². The van der Waals surface area contributed by atoms with E-state index < -0.39 is 0 Å². The summed E-state index contributed by atoms with van der Waals surface area (Å²) in [4.78, 5) is 12.0. The topological polar surface area (TPSA) is 58.6 Å². The summed E-state index contributed by atoms with van der Waals surface area (Å²) in [5.41, 5.74) is 2.94. The van der Waals surface area contributed by atoms with Gasteiger partial charge in [0.05, 0.1) is 12.5 Å². The summed E-state index contributed by atoms with van der Waals surface area (Å²) in [6.07, 6.45) is 0.880. The number of carbonyl (C=O) groups excluding carboxylic acids is 1. The van der Waals surface area contributed by atoms with Gasteiger partial charge in [-0.1, -0.05) is 84.9 Å². The summed E-state index contributed by atoms with van der Waals surface area (Å²) in [5.74, 6) is 0.275. The second kappa shape index (κ2) is 13.2. The molecule has 0 radical (unpaired) electrons. The maximum atomic E-state index is 12.0. The van der Waals surface area contributed by atoms with Crippen molar-refractivity contribution in [2.75, 3.05) is 0 Å². The van der Waals surface area contributed by atoms with Crippen LogP contribution in [0, 0.1) is 5.92 Å². The SMILES string of the molecule is CC(C)NC(C)C.CCC(c1ccccc1)c1cc(CO)ccc1OC(=O)C(C)C. The minimum atomic E-state index is -0.245. The molecule has 0 saturated heterocycles. The number of carbonyl (C=O) groups is 1. The smallest absolute Gasteiger partial charge is 0.313 e. The Balaban J connectivity index is 0.000000553. The van der Waals surface area contributed by atoms with E-state index in [1.54, 1.807) is 12.1 Å². The number of hydrogen-bond acceptors (Lipinski definition) is 4. The van der Waals surface area contributed by atoms with Crippen LogP contribution in [0.15, 0.2) is 48.5 Å². The van der Waals surface area contributed by atoms with Gasteiger partial charge in [0.25, 0.3) is 0 Å². The van der Waals surface area contributed by atoms with Crippen LogP contribution in [0.1, 0.15) is 77.5 Å². The van der Waals surface area contributed by atoms with Gasteiger partial charge in [0.1, 0.15) is 5.75 Å². The standard InChI is InChI=1S/C20H24O3.C6H15N/c1-4-17(16-8-6-5-7-9-16)18-12-15(13-21)10-11-19(18)23-20(22)14(2)3;1-5(2)7-6(3)4/h5-12,14,17,21H,4,13H2,1-3H3;5-7H,1-4H3. The maximum absolute atomic E-state index is 12.0. The Labute approximate surface area is 182 Å². The molecule has 0 aliphatic rings. The summed E-state index contributed by atoms with van der Waals surface area (Å²) < 4.78 is 5.59. The summed E-state index contributed by atoms with van der Waals surface area (Å²) in [6, 6.07) is 16.9. The van der Waals surface area contributed by atoms with E-state index in [0.717, 1.165) is 17.5 Å². The minimum absolute atomic E-state index is 0.0311. The fourth-order valence-corrected chi connectivity index (χ4v) is 3.27. The van der Waals surface area contributed by atoms with Crippen molar-refractivity contribution in [3.8, 4) is 5.75 Å². The Morgan fingerprint density at radius 3 is 2.00 bits per heavy atom. The Kier molecular flexibility index (Phi) is 11.4. The van der Waals surface area contributed by atoms with Gasteiger partial charge < -0.3 is 15.2 Å². The Bertz CT molecular complexity index is 748. The average molecular weight is 414 g/mol. The van der Waals surface area contributed by atoms with E-state index in [2.05, 4.69) is 52.1 Å². The fraction of sp³-hybridized carbons (Fsp3) is 0.500. The highest BCUT2D eigenvalue weighted by Crippen LogP contribution is 2.35. The molecule has 2 aromatic carbocycles. The first-order valence-electron chi connectivity index (χ1n) is 11.0. The van der Waals surface area contributed by atoms with E-state index in [0.29, 0.717) is 17.8 Å². The summed E-state index contributed by atoms with van der Waals surface area (Å²) in [6.45, 7) is 14.3. The average Bonchev–Trinajstić information content (AvgIpc) is 2.69. The van der Waals surface area contributed by atoms with Crippen LogP contribution in [0.3, 0.4) is 0 Å². The van der Waals surface area contributed by atoms with Crippen molar-refractivity contribution in [2.45, 2.75) is 79.5 Å². The molecular weight excluding hydrogens is 374 g/mol. The lowest BCUT2D eigenvalue weighted by Gasteiger charge is -2.20. The van der Waals surface area contributed by atoms with Gasteiger partial charge in [0.2, 0.25) is 0 Å². The van der Waals surface area contributed by atoms with Crippen LogP contribution in [0.25, 0.3) is 0 Å². The second-order valence-corrected chi connectivity index (χ2v) is 8.45. The van der Waals surface area contributed by atoms with E-state index in [9.17, 15) is 9.90 Å². The molecule has 0 aromatic heterocycles. The molecule has 4 nitrogen and oxygen atoms in total. The largest absolute Gasteiger partial charge is 0.426 e. The lowest BCUT2D eigenvalue weighted by Crippen LogP contribution is -2.29. The molecule has 2 rings (SSSR count). The van der Waals surface area contributed by atoms with Crippen LogP contribution in [0.5, 0.6) is 5.75 Å². The van der Waals surface area contributed by atoms with Crippen LogP contribution < -0.4 is 10.1 Å². The predicted molar refractivity (Wildman–Crippen MR) is 125 cm³/mol. The second-order valence-electron chi connectivity index (χ2n) is 8.45. The molecule has 0 spiro atoms. The van der Waals surface area contributed by atoms with Crippen molar-refractivity contribution in [3.05, 3.63) is 65.2 Å². The third-order valence-corrected chi connectivity index (χ3v) is 4.59. The van der Waals surface area contributed by atoms with Gasteiger partial charge >= 0.3 is 5.97 Å². The molecule has 0 fully saturated rings. The Morgan fingerprint density at radius 2 is 1.57 bits per heavy atom. The van der Waals surface area contributed by atoms with E-state index in [-0.39, 0.29) is 24.4 Å². The van der Waals surface area contributed by atoms with Gasteiger partial charge in [-0.15, -0.1) is 0 Å². The molecule has 2 N–H and O–H groups in total. The number of nitrogens with one attached hydrogen (secondary N) is 1. The van der Waals surface area contributed by atoms with Gasteiger partial charge in [-0.05, 0) is 29.7 Å². The molecule has 0 saturated carbocycles. The van der Waals surface area contributed by atoms with Crippen LogP contribution in [-0.2, 0) is 11.4 Å². The van der Waals surface area contributed by atoms with Crippen molar-refractivity contribution in [1.29, 1.82) is 0 Å². The number of aliphatic hydroxyl groups excluding tert-OH is 1. The highest BCUT2D eigenvalue weighted by molar-refractivity contribution is 5.75. The van der Waals surface area contributed by atoms with Crippen LogP contribution in [-0.4, -0.2) is 23.2 Å². The highest BCUT2D eigenvalue weighted by atomic mass is 16.5. The van der Waals surface area contributed by atoms with E-state index in [1.165, 1.54) is 5.56 Å². The molecule has 166 valence electrons. The molecule has 30 heavy (non-hydrogen) atoms. The number of benzene rings is 2. The first-order chi connectivity index (χ1) is 14.2. The first kappa shape index (κ1) is 25.9. The lowest BCUT2D eigenvalue weighted by molar-refractivity contribution is -0.137. The molecule has 0 bridgehead atoms. The lowest BCUT2D eigenvalue weighted by atomic mass is 9.87. The summed E-state index contributed by atoms with van der Waals surface area (Å²) in [5, 5.41) is 12.7. The molecule has 2 aromatic rings. The molecule has 0 heterocycles. The normalized spacial score (nSPS) is 12.0. The van der Waals surface area contributed by atoms with Gasteiger partial charge in [0.15, 0.2) is 0 Å². The number of ether oxygens (including phenoxy) is 1. The van der Waals surface area contributed by atoms with Crippen molar-refractivity contribution in [3.63, 3.8) is 0 Å². The predicted octanol–water partition coefficient (Wildman–Crippen LogP) is 5.68. The first-order valence-corrected chi connectivity index (χ1v) is 11.0. The van der Waals surface area contributed by atoms with Crippen LogP contribution in [0.4, 0.5) is 0 Å². The molecule has 1 atom stereocenters. The molecule has 1 unspecified atom stereocenters. The van der Waals surface area contributed by atoms with Gasteiger partial charge in [0, 0.05) is 23.6 Å². The van der Waals surface area contributed by atoms with E-state index >= 15 is 0 Å². The van der Waals surface area contributed by atoms with E-state index in [4.69, 9.17) is 4.74 Å². The zero-order valence-corrected chi connectivity index (χ0v) is 19.6. The summed E-state index contributed by atoms with van der Waals surface area (Å²) in [7, 11) is 0. The molecule has 0 aliphatic heterocycles. The molecule has 0 aliphatic carbocycles. The molecule has 0 amide bonds. The zero-order valence-electron chi connectivity index (χ0n) is 19.6. The maximum Gasteiger partial charge on any atom is 0.313 e. The third kappa shape index (κ3) is 8.68. The van der Waals surface area contributed by atoms with Gasteiger partial charge in [-0.2, -0.15) is 0 Å². The van der Waals surface area contributed by atoms with Crippen LogP contribution in [0.2, 0.25) is 0 Å². The number of aliphatic hydroxyl groups is 1. The Hall–Kier alpha value is -2.17.